The summed E-state index contributed by atoms with van der Waals surface area (Å²) in [6.45, 7) is 5.19. The number of rotatable bonds is 6. The van der Waals surface area contributed by atoms with Crippen molar-refractivity contribution in [3.05, 3.63) is 63.5 Å². The summed E-state index contributed by atoms with van der Waals surface area (Å²) in [4.78, 5) is 41.8. The van der Waals surface area contributed by atoms with E-state index in [2.05, 4.69) is 20.4 Å². The fourth-order valence-corrected chi connectivity index (χ4v) is 4.84. The SMILES string of the molecule is COC(=O)C1=C(CN2CCN(c3ccc(C(C)=O)cc3)CC2)NC(=O)N[C@H]1c1cccs1. The van der Waals surface area contributed by atoms with Gasteiger partial charge in [0.25, 0.3) is 0 Å². The van der Waals surface area contributed by atoms with Crippen molar-refractivity contribution >= 4 is 34.8 Å². The topological polar surface area (TPSA) is 91.0 Å². The molecule has 0 radical (unpaired) electrons. The number of hydrogen-bond donors (Lipinski definition) is 2. The Kier molecular flexibility index (Phi) is 6.57. The minimum atomic E-state index is -0.521. The lowest BCUT2D eigenvalue weighted by atomic mass is 10.0. The van der Waals surface area contributed by atoms with Crippen LogP contribution in [0, 0.1) is 0 Å². The fraction of sp³-hybridized carbons (Fsp3) is 0.348. The van der Waals surface area contributed by atoms with Crippen LogP contribution < -0.4 is 15.5 Å². The normalized spacial score (nSPS) is 19.4. The van der Waals surface area contributed by atoms with Crippen LogP contribution in [0.2, 0.25) is 0 Å². The van der Waals surface area contributed by atoms with Gasteiger partial charge in [0.1, 0.15) is 0 Å². The molecular formula is C23H26N4O4S. The molecule has 4 rings (SSSR count). The van der Waals surface area contributed by atoms with Crippen molar-refractivity contribution < 1.29 is 19.1 Å². The first-order valence-corrected chi connectivity index (χ1v) is 11.3. The number of urea groups is 1. The first-order chi connectivity index (χ1) is 15.5. The van der Waals surface area contributed by atoms with Crippen LogP contribution in [0.15, 0.2) is 53.0 Å². The Bertz CT molecular complexity index is 1020. The molecule has 168 valence electrons. The number of nitrogens with one attached hydrogen (secondary N) is 2. The van der Waals surface area contributed by atoms with E-state index in [0.717, 1.165) is 36.7 Å². The number of benzene rings is 1. The van der Waals surface area contributed by atoms with Crippen molar-refractivity contribution in [2.75, 3.05) is 44.7 Å². The average Bonchev–Trinajstić information content (AvgIpc) is 3.34. The van der Waals surface area contributed by atoms with Gasteiger partial charge in [0.05, 0.1) is 18.7 Å². The van der Waals surface area contributed by atoms with Crippen molar-refractivity contribution in [3.8, 4) is 0 Å². The van der Waals surface area contributed by atoms with E-state index in [1.165, 1.54) is 18.4 Å². The van der Waals surface area contributed by atoms with Gasteiger partial charge >= 0.3 is 12.0 Å². The Hall–Kier alpha value is -3.17. The van der Waals surface area contributed by atoms with Gasteiger partial charge in [-0.2, -0.15) is 0 Å². The number of ether oxygens (including phenoxy) is 1. The number of esters is 1. The molecule has 0 saturated carbocycles. The molecule has 1 fully saturated rings. The van der Waals surface area contributed by atoms with Crippen molar-refractivity contribution in [1.29, 1.82) is 0 Å². The van der Waals surface area contributed by atoms with E-state index in [9.17, 15) is 14.4 Å². The summed E-state index contributed by atoms with van der Waals surface area (Å²) in [5.74, 6) is -0.393. The Morgan fingerprint density at radius 1 is 1.12 bits per heavy atom. The number of carbonyl (C=O) groups excluding carboxylic acids is 3. The smallest absolute Gasteiger partial charge is 0.338 e. The molecule has 0 bridgehead atoms. The number of piperazine rings is 1. The molecule has 2 aliphatic rings. The number of hydrogen-bond acceptors (Lipinski definition) is 7. The van der Waals surface area contributed by atoms with E-state index in [1.807, 2.05) is 41.8 Å². The summed E-state index contributed by atoms with van der Waals surface area (Å²) >= 11 is 1.49. The Morgan fingerprint density at radius 3 is 2.44 bits per heavy atom. The zero-order valence-corrected chi connectivity index (χ0v) is 18.9. The lowest BCUT2D eigenvalue weighted by molar-refractivity contribution is -0.136. The molecule has 1 saturated heterocycles. The Balaban J connectivity index is 1.48. The number of carbonyl (C=O) groups is 3. The van der Waals surface area contributed by atoms with Crippen LogP contribution in [0.5, 0.6) is 0 Å². The number of Topliss-reactive ketones (excluding diaryl/α,β-unsaturated/α-hetero) is 1. The molecule has 1 atom stereocenters. The van der Waals surface area contributed by atoms with Crippen molar-refractivity contribution in [3.63, 3.8) is 0 Å². The maximum Gasteiger partial charge on any atom is 0.338 e. The molecule has 0 unspecified atom stereocenters. The van der Waals surface area contributed by atoms with Crippen molar-refractivity contribution in [2.45, 2.75) is 13.0 Å². The molecule has 0 spiro atoms. The summed E-state index contributed by atoms with van der Waals surface area (Å²) in [5.41, 5.74) is 2.81. The maximum absolute atomic E-state index is 12.6. The lowest BCUT2D eigenvalue weighted by Crippen LogP contribution is -2.51. The standard InChI is InChI=1S/C23H26N4O4S/c1-15(28)16-5-7-17(8-6-16)27-11-9-26(10-12-27)14-18-20(22(29)31-2)21(25-23(30)24-18)19-4-3-13-32-19/h3-8,13,21H,9-12,14H2,1-2H3,(H2,24,25,30)/t21-/m0/s1. The third-order valence-electron chi connectivity index (χ3n) is 5.78. The zero-order valence-electron chi connectivity index (χ0n) is 18.1. The second kappa shape index (κ2) is 9.54. The van der Waals surface area contributed by atoms with Crippen LogP contribution in [-0.2, 0) is 9.53 Å². The first-order valence-electron chi connectivity index (χ1n) is 10.5. The molecule has 2 amide bonds. The molecule has 1 aromatic heterocycles. The molecule has 9 heteroatoms. The number of thiophene rings is 1. The second-order valence-electron chi connectivity index (χ2n) is 7.80. The van der Waals surface area contributed by atoms with Gasteiger partial charge in [0.15, 0.2) is 5.78 Å². The van der Waals surface area contributed by atoms with Crippen LogP contribution in [0.4, 0.5) is 10.5 Å². The molecule has 2 aromatic rings. The van der Waals surface area contributed by atoms with E-state index in [0.29, 0.717) is 23.4 Å². The highest BCUT2D eigenvalue weighted by Crippen LogP contribution is 2.31. The predicted molar refractivity (Wildman–Crippen MR) is 123 cm³/mol. The highest BCUT2D eigenvalue weighted by molar-refractivity contribution is 7.10. The van der Waals surface area contributed by atoms with Crippen LogP contribution >= 0.6 is 11.3 Å². The Morgan fingerprint density at radius 2 is 1.84 bits per heavy atom. The van der Waals surface area contributed by atoms with Crippen LogP contribution in [-0.4, -0.2) is 62.5 Å². The van der Waals surface area contributed by atoms with Gasteiger partial charge in [-0.1, -0.05) is 6.07 Å². The highest BCUT2D eigenvalue weighted by Gasteiger charge is 2.35. The number of nitrogens with zero attached hydrogens (tertiary/aromatic N) is 2. The van der Waals surface area contributed by atoms with E-state index < -0.39 is 12.0 Å². The quantitative estimate of drug-likeness (QED) is 0.515. The van der Waals surface area contributed by atoms with Crippen LogP contribution in [0.1, 0.15) is 28.2 Å². The molecule has 2 aliphatic heterocycles. The van der Waals surface area contributed by atoms with Gasteiger partial charge in [-0.3, -0.25) is 9.69 Å². The first kappa shape index (κ1) is 22.0. The third-order valence-corrected chi connectivity index (χ3v) is 6.72. The number of methoxy groups -OCH3 is 1. The molecule has 32 heavy (non-hydrogen) atoms. The highest BCUT2D eigenvalue weighted by atomic mass is 32.1. The monoisotopic (exact) mass is 454 g/mol. The van der Waals surface area contributed by atoms with Gasteiger partial charge < -0.3 is 20.3 Å². The maximum atomic E-state index is 12.6. The number of anilines is 1. The fourth-order valence-electron chi connectivity index (χ4n) is 4.06. The largest absolute Gasteiger partial charge is 0.466 e. The number of amides is 2. The van der Waals surface area contributed by atoms with Gasteiger partial charge in [-0.05, 0) is 42.6 Å². The predicted octanol–water partition coefficient (Wildman–Crippen LogP) is 2.55. The molecular weight excluding hydrogens is 428 g/mol. The molecule has 3 heterocycles. The van der Waals surface area contributed by atoms with Crippen molar-refractivity contribution in [1.82, 2.24) is 15.5 Å². The second-order valence-corrected chi connectivity index (χ2v) is 8.78. The summed E-state index contributed by atoms with van der Waals surface area (Å²) in [5, 5.41) is 7.59. The van der Waals surface area contributed by atoms with Gasteiger partial charge in [0.2, 0.25) is 0 Å². The zero-order chi connectivity index (χ0) is 22.7. The summed E-state index contributed by atoms with van der Waals surface area (Å²) < 4.78 is 5.04. The third kappa shape index (κ3) is 4.68. The van der Waals surface area contributed by atoms with E-state index in [4.69, 9.17) is 4.74 Å². The van der Waals surface area contributed by atoms with Crippen LogP contribution in [0.3, 0.4) is 0 Å². The van der Waals surface area contributed by atoms with E-state index in [1.54, 1.807) is 6.92 Å². The van der Waals surface area contributed by atoms with E-state index in [-0.39, 0.29) is 11.8 Å². The van der Waals surface area contributed by atoms with Crippen molar-refractivity contribution in [2.24, 2.45) is 0 Å². The van der Waals surface area contributed by atoms with Gasteiger partial charge in [-0.15, -0.1) is 11.3 Å². The number of ketones is 1. The molecule has 8 nitrogen and oxygen atoms in total. The van der Waals surface area contributed by atoms with Crippen LogP contribution in [0.25, 0.3) is 0 Å². The summed E-state index contributed by atoms with van der Waals surface area (Å²) in [6.07, 6.45) is 0. The molecule has 0 aliphatic carbocycles. The minimum Gasteiger partial charge on any atom is -0.466 e. The summed E-state index contributed by atoms with van der Waals surface area (Å²) in [7, 11) is 1.35. The Labute approximate surface area is 190 Å². The minimum absolute atomic E-state index is 0.0564. The van der Waals surface area contributed by atoms with E-state index >= 15 is 0 Å². The average molecular weight is 455 g/mol. The van der Waals surface area contributed by atoms with Gasteiger partial charge in [0, 0.05) is 54.5 Å². The summed E-state index contributed by atoms with van der Waals surface area (Å²) in [6, 6.07) is 10.6. The molecule has 2 N–H and O–H groups in total. The lowest BCUT2D eigenvalue weighted by Gasteiger charge is -2.37. The van der Waals surface area contributed by atoms with Gasteiger partial charge in [-0.25, -0.2) is 9.59 Å². The molecule has 1 aromatic carbocycles.